The molecule has 1 aliphatic rings. The Balaban J connectivity index is 2.23. The minimum Gasteiger partial charge on any atom is -0.379 e. The van der Waals surface area contributed by atoms with Gasteiger partial charge in [-0.05, 0) is 38.9 Å². The molecule has 4 heteroatoms. The molecule has 1 unspecified atom stereocenters. The van der Waals surface area contributed by atoms with Gasteiger partial charge in [0.2, 0.25) is 0 Å². The first-order chi connectivity index (χ1) is 9.55. The van der Waals surface area contributed by atoms with Crippen molar-refractivity contribution in [3.05, 3.63) is 29.6 Å². The van der Waals surface area contributed by atoms with Crippen molar-refractivity contribution in [3.8, 4) is 0 Å². The summed E-state index contributed by atoms with van der Waals surface area (Å²) in [7, 11) is 0. The van der Waals surface area contributed by atoms with Gasteiger partial charge < -0.3 is 10.1 Å². The average Bonchev–Trinajstić information content (AvgIpc) is 2.47. The van der Waals surface area contributed by atoms with Crippen LogP contribution in [-0.4, -0.2) is 48.3 Å². The van der Waals surface area contributed by atoms with E-state index in [9.17, 15) is 0 Å². The van der Waals surface area contributed by atoms with E-state index in [-0.39, 0.29) is 11.6 Å². The van der Waals surface area contributed by atoms with Crippen LogP contribution in [-0.2, 0) is 4.74 Å². The average molecular weight is 277 g/mol. The summed E-state index contributed by atoms with van der Waals surface area (Å²) in [6, 6.07) is 4.56. The molecule has 0 aromatic carbocycles. The van der Waals surface area contributed by atoms with Gasteiger partial charge in [-0.2, -0.15) is 0 Å². The van der Waals surface area contributed by atoms with Crippen molar-refractivity contribution in [3.63, 3.8) is 0 Å². The topological polar surface area (TPSA) is 37.4 Å². The molecule has 20 heavy (non-hydrogen) atoms. The van der Waals surface area contributed by atoms with Gasteiger partial charge in [-0.3, -0.25) is 9.88 Å². The third-order valence-corrected chi connectivity index (χ3v) is 4.21. The molecule has 0 aliphatic carbocycles. The molecule has 2 heterocycles. The summed E-state index contributed by atoms with van der Waals surface area (Å²) >= 11 is 0. The molecule has 1 aliphatic heterocycles. The molecule has 0 amide bonds. The van der Waals surface area contributed by atoms with Gasteiger partial charge in [-0.1, -0.05) is 13.0 Å². The largest absolute Gasteiger partial charge is 0.379 e. The second-order valence-corrected chi connectivity index (χ2v) is 5.98. The number of hydrogen-bond donors (Lipinski definition) is 1. The lowest BCUT2D eigenvalue weighted by Crippen LogP contribution is -2.56. The Morgan fingerprint density at radius 2 is 2.05 bits per heavy atom. The molecule has 1 fully saturated rings. The number of rotatable bonds is 5. The van der Waals surface area contributed by atoms with Crippen molar-refractivity contribution in [2.45, 2.75) is 39.3 Å². The van der Waals surface area contributed by atoms with E-state index >= 15 is 0 Å². The number of pyridine rings is 1. The van der Waals surface area contributed by atoms with E-state index in [1.165, 1.54) is 5.56 Å². The Morgan fingerprint density at radius 3 is 2.60 bits per heavy atom. The Kier molecular flexibility index (Phi) is 5.13. The quantitative estimate of drug-likeness (QED) is 0.895. The maximum atomic E-state index is 5.48. The number of aromatic nitrogens is 1. The predicted molar refractivity (Wildman–Crippen MR) is 81.9 cm³/mol. The molecule has 1 aromatic heterocycles. The van der Waals surface area contributed by atoms with Gasteiger partial charge in [-0.15, -0.1) is 0 Å². The van der Waals surface area contributed by atoms with Gasteiger partial charge in [0.15, 0.2) is 0 Å². The van der Waals surface area contributed by atoms with Crippen LogP contribution in [0.25, 0.3) is 0 Å². The maximum Gasteiger partial charge on any atom is 0.0594 e. The molecule has 1 aromatic rings. The first-order valence-corrected chi connectivity index (χ1v) is 7.54. The number of likely N-dealkylation sites (N-methyl/N-ethyl adjacent to an activating group) is 1. The lowest BCUT2D eigenvalue weighted by Gasteiger charge is -2.46. The van der Waals surface area contributed by atoms with E-state index in [1.807, 2.05) is 13.1 Å². The highest BCUT2D eigenvalue weighted by molar-refractivity contribution is 5.21. The van der Waals surface area contributed by atoms with Crippen LogP contribution in [0.2, 0.25) is 0 Å². The monoisotopic (exact) mass is 277 g/mol. The lowest BCUT2D eigenvalue weighted by atomic mass is 9.87. The molecule has 0 radical (unpaired) electrons. The summed E-state index contributed by atoms with van der Waals surface area (Å²) in [5.74, 6) is 0. The first kappa shape index (κ1) is 15.4. The number of nitrogens with one attached hydrogen (secondary N) is 1. The molecule has 2 rings (SSSR count). The van der Waals surface area contributed by atoms with Crippen LogP contribution in [0.4, 0.5) is 0 Å². The van der Waals surface area contributed by atoms with E-state index in [0.29, 0.717) is 0 Å². The highest BCUT2D eigenvalue weighted by Crippen LogP contribution is 2.31. The normalized spacial score (nSPS) is 19.0. The van der Waals surface area contributed by atoms with E-state index in [1.54, 1.807) is 0 Å². The van der Waals surface area contributed by atoms with Crippen LogP contribution in [0.15, 0.2) is 18.3 Å². The molecule has 0 spiro atoms. The molecule has 1 atom stereocenters. The van der Waals surface area contributed by atoms with Crippen molar-refractivity contribution in [1.29, 1.82) is 0 Å². The van der Waals surface area contributed by atoms with Crippen molar-refractivity contribution in [2.24, 2.45) is 0 Å². The maximum absolute atomic E-state index is 5.48. The van der Waals surface area contributed by atoms with E-state index < -0.39 is 0 Å². The Morgan fingerprint density at radius 1 is 1.35 bits per heavy atom. The number of aryl methyl sites for hydroxylation is 1. The summed E-state index contributed by atoms with van der Waals surface area (Å²) in [5, 5.41) is 3.63. The van der Waals surface area contributed by atoms with Gasteiger partial charge >= 0.3 is 0 Å². The van der Waals surface area contributed by atoms with E-state index in [2.05, 4.69) is 48.1 Å². The highest BCUT2D eigenvalue weighted by atomic mass is 16.5. The zero-order valence-corrected chi connectivity index (χ0v) is 13.1. The second kappa shape index (κ2) is 6.66. The Bertz CT molecular complexity index is 410. The van der Waals surface area contributed by atoms with Crippen LogP contribution in [0.3, 0.4) is 0 Å². The summed E-state index contributed by atoms with van der Waals surface area (Å²) in [4.78, 5) is 6.98. The first-order valence-electron chi connectivity index (χ1n) is 7.54. The van der Waals surface area contributed by atoms with Crippen molar-refractivity contribution >= 4 is 0 Å². The van der Waals surface area contributed by atoms with Gasteiger partial charge in [0, 0.05) is 30.5 Å². The van der Waals surface area contributed by atoms with Crippen molar-refractivity contribution < 1.29 is 4.74 Å². The number of ether oxygens (including phenoxy) is 1. The standard InChI is InChI=1S/C16H27N3O/c1-5-17-15(14-7-6-13(2)18-12-14)16(3,4)19-8-10-20-11-9-19/h6-7,12,15,17H,5,8-11H2,1-4H3. The molecular formula is C16H27N3O. The fourth-order valence-corrected chi connectivity index (χ4v) is 2.95. The highest BCUT2D eigenvalue weighted by Gasteiger charge is 2.36. The SMILES string of the molecule is CCNC(c1ccc(C)nc1)C(C)(C)N1CCOCC1. The van der Waals surface area contributed by atoms with Crippen LogP contribution in [0.1, 0.15) is 38.1 Å². The molecule has 1 saturated heterocycles. The molecule has 112 valence electrons. The molecule has 0 bridgehead atoms. The van der Waals surface area contributed by atoms with Crippen LogP contribution < -0.4 is 5.32 Å². The lowest BCUT2D eigenvalue weighted by molar-refractivity contribution is -0.0236. The smallest absolute Gasteiger partial charge is 0.0594 e. The molecule has 1 N–H and O–H groups in total. The number of hydrogen-bond acceptors (Lipinski definition) is 4. The molecule has 0 saturated carbocycles. The van der Waals surface area contributed by atoms with Gasteiger partial charge in [0.1, 0.15) is 0 Å². The fraction of sp³-hybridized carbons (Fsp3) is 0.688. The summed E-state index contributed by atoms with van der Waals surface area (Å²) in [6.45, 7) is 13.4. The summed E-state index contributed by atoms with van der Waals surface area (Å²) in [5.41, 5.74) is 2.36. The third kappa shape index (κ3) is 3.37. The van der Waals surface area contributed by atoms with Crippen molar-refractivity contribution in [2.75, 3.05) is 32.8 Å². The van der Waals surface area contributed by atoms with E-state index in [4.69, 9.17) is 4.74 Å². The minimum atomic E-state index is 0.0384. The third-order valence-electron chi connectivity index (χ3n) is 4.21. The zero-order valence-electron chi connectivity index (χ0n) is 13.1. The second-order valence-electron chi connectivity index (χ2n) is 5.98. The zero-order chi connectivity index (χ0) is 14.6. The van der Waals surface area contributed by atoms with Crippen molar-refractivity contribution in [1.82, 2.24) is 15.2 Å². The summed E-state index contributed by atoms with van der Waals surface area (Å²) < 4.78 is 5.48. The van der Waals surface area contributed by atoms with Crippen LogP contribution in [0.5, 0.6) is 0 Å². The Hall–Kier alpha value is -0.970. The van der Waals surface area contributed by atoms with Gasteiger partial charge in [0.05, 0.1) is 19.3 Å². The van der Waals surface area contributed by atoms with Crippen LogP contribution >= 0.6 is 0 Å². The van der Waals surface area contributed by atoms with Gasteiger partial charge in [-0.25, -0.2) is 0 Å². The van der Waals surface area contributed by atoms with E-state index in [0.717, 1.165) is 38.5 Å². The number of nitrogens with zero attached hydrogens (tertiary/aromatic N) is 2. The van der Waals surface area contributed by atoms with Gasteiger partial charge in [0.25, 0.3) is 0 Å². The molecule has 4 nitrogen and oxygen atoms in total. The molecular weight excluding hydrogens is 250 g/mol. The predicted octanol–water partition coefficient (Wildman–Crippen LogP) is 2.15. The minimum absolute atomic E-state index is 0.0384. The Labute approximate surface area is 122 Å². The summed E-state index contributed by atoms with van der Waals surface area (Å²) in [6.07, 6.45) is 2.00. The fourth-order valence-electron chi connectivity index (χ4n) is 2.95. The number of morpholine rings is 1. The van der Waals surface area contributed by atoms with Crippen LogP contribution in [0, 0.1) is 6.92 Å².